The van der Waals surface area contributed by atoms with Crippen molar-refractivity contribution in [1.82, 2.24) is 5.32 Å². The van der Waals surface area contributed by atoms with E-state index >= 15 is 0 Å². The molecule has 0 spiro atoms. The average molecular weight is 460 g/mol. The van der Waals surface area contributed by atoms with Crippen molar-refractivity contribution in [2.75, 3.05) is 31.1 Å². The van der Waals surface area contributed by atoms with Gasteiger partial charge in [-0.25, -0.2) is 4.39 Å². The van der Waals surface area contributed by atoms with Gasteiger partial charge in [-0.15, -0.1) is 0 Å². The Labute approximate surface area is 200 Å². The molecule has 2 aliphatic rings. The lowest BCUT2D eigenvalue weighted by Gasteiger charge is -2.24. The topological polar surface area (TPSA) is 64.9 Å². The fraction of sp³-hybridized carbons (Fsp3) is 0.357. The number of β-amino-alcohol motifs (C(OH)–C–C–N with tert-alkyl or cyclic N) is 1. The van der Waals surface area contributed by atoms with Gasteiger partial charge in [-0.1, -0.05) is 24.8 Å². The van der Waals surface area contributed by atoms with Crippen LogP contribution < -0.4 is 10.2 Å². The van der Waals surface area contributed by atoms with Gasteiger partial charge in [0, 0.05) is 42.5 Å². The van der Waals surface area contributed by atoms with Crippen LogP contribution in [0.25, 0.3) is 0 Å². The van der Waals surface area contributed by atoms with Gasteiger partial charge >= 0.3 is 0 Å². The van der Waals surface area contributed by atoms with Crippen molar-refractivity contribution < 1.29 is 14.3 Å². The molecule has 2 aromatic carbocycles. The fourth-order valence-electron chi connectivity index (χ4n) is 4.23. The summed E-state index contributed by atoms with van der Waals surface area (Å²) >= 11 is 0. The van der Waals surface area contributed by atoms with Gasteiger partial charge in [0.1, 0.15) is 5.82 Å². The maximum absolute atomic E-state index is 13.2. The highest BCUT2D eigenvalue weighted by molar-refractivity contribution is 5.95. The van der Waals surface area contributed by atoms with Crippen molar-refractivity contribution in [1.29, 1.82) is 0 Å². The molecule has 34 heavy (non-hydrogen) atoms. The van der Waals surface area contributed by atoms with Gasteiger partial charge in [-0.05, 0) is 73.7 Å². The Morgan fingerprint density at radius 3 is 2.76 bits per heavy atom. The number of aliphatic hydroxyl groups is 1. The zero-order valence-electron chi connectivity index (χ0n) is 19.5. The van der Waals surface area contributed by atoms with Crippen molar-refractivity contribution in [2.45, 2.75) is 38.2 Å². The molecule has 0 bridgehead atoms. The predicted octanol–water partition coefficient (Wildman–Crippen LogP) is 4.10. The normalized spacial score (nSPS) is 19.0. The Balaban J connectivity index is 1.52. The average Bonchev–Trinajstić information content (AvgIpc) is 3.51. The smallest absolute Gasteiger partial charge is 0.251 e. The third kappa shape index (κ3) is 5.92. The van der Waals surface area contributed by atoms with Gasteiger partial charge in [-0.3, -0.25) is 9.79 Å². The number of hydrogen-bond donors (Lipinski definition) is 2. The van der Waals surface area contributed by atoms with Gasteiger partial charge in [0.15, 0.2) is 0 Å². The highest BCUT2D eigenvalue weighted by Crippen LogP contribution is 2.31. The van der Waals surface area contributed by atoms with Crippen LogP contribution in [-0.2, 0) is 0 Å². The van der Waals surface area contributed by atoms with E-state index in [1.165, 1.54) is 17.7 Å². The van der Waals surface area contributed by atoms with Gasteiger partial charge in [0.2, 0.25) is 0 Å². The Morgan fingerprint density at radius 1 is 1.24 bits per heavy atom. The number of nitrogens with zero attached hydrogens (tertiary/aromatic N) is 2. The molecule has 2 heterocycles. The zero-order chi connectivity index (χ0) is 24.0. The first-order valence-corrected chi connectivity index (χ1v) is 11.8. The summed E-state index contributed by atoms with van der Waals surface area (Å²) in [5.41, 5.74) is 3.34. The molecule has 5 nitrogen and oxygen atoms in total. The third-order valence-electron chi connectivity index (χ3n) is 6.42. The second-order valence-electron chi connectivity index (χ2n) is 8.87. The molecule has 0 aliphatic carbocycles. The monoisotopic (exact) mass is 459 g/mol. The molecular formula is C28H30FN3O2. The van der Waals surface area contributed by atoms with Gasteiger partial charge in [-0.2, -0.15) is 0 Å². The first-order chi connectivity index (χ1) is 16.5. The summed E-state index contributed by atoms with van der Waals surface area (Å²) < 4.78 is 13.2. The summed E-state index contributed by atoms with van der Waals surface area (Å²) in [6, 6.07) is 11.5. The summed E-state index contributed by atoms with van der Waals surface area (Å²) in [4.78, 5) is 19.1. The number of nitrogens with one attached hydrogen (secondary N) is 1. The van der Waals surface area contributed by atoms with Crippen molar-refractivity contribution in [3.63, 3.8) is 0 Å². The molecule has 0 saturated carbocycles. The van der Waals surface area contributed by atoms with Crippen LogP contribution in [0.4, 0.5) is 10.1 Å². The lowest BCUT2D eigenvalue weighted by Crippen LogP contribution is -2.32. The van der Waals surface area contributed by atoms with Gasteiger partial charge in [0.05, 0.1) is 17.8 Å². The number of carbonyl (C=O) groups is 1. The van der Waals surface area contributed by atoms with Crippen LogP contribution in [0.2, 0.25) is 0 Å². The van der Waals surface area contributed by atoms with Crippen LogP contribution in [0, 0.1) is 17.7 Å². The number of halogens is 1. The number of allylic oxidation sites excluding steroid dienone is 1. The number of amides is 1. The number of hydrogen-bond acceptors (Lipinski definition) is 4. The molecule has 0 radical (unpaired) electrons. The van der Waals surface area contributed by atoms with E-state index in [-0.39, 0.29) is 11.7 Å². The summed E-state index contributed by atoms with van der Waals surface area (Å²) in [6.45, 7) is 4.57. The lowest BCUT2D eigenvalue weighted by molar-refractivity contribution is 0.0593. The molecule has 1 saturated heterocycles. The minimum atomic E-state index is -0.711. The van der Waals surface area contributed by atoms with E-state index in [2.05, 4.69) is 33.1 Å². The lowest BCUT2D eigenvalue weighted by atomic mass is 10.0. The van der Waals surface area contributed by atoms with E-state index in [1.807, 2.05) is 25.3 Å². The van der Waals surface area contributed by atoms with E-state index < -0.39 is 5.60 Å². The van der Waals surface area contributed by atoms with E-state index in [0.29, 0.717) is 42.6 Å². The van der Waals surface area contributed by atoms with E-state index in [9.17, 15) is 14.3 Å². The Hall–Kier alpha value is -3.43. The predicted molar refractivity (Wildman–Crippen MR) is 134 cm³/mol. The number of aliphatic imine (C=N–C) groups is 1. The number of carbonyl (C=O) groups excluding carboxylic acids is 1. The van der Waals surface area contributed by atoms with Crippen LogP contribution in [0.1, 0.15) is 54.1 Å². The molecule has 1 unspecified atom stereocenters. The van der Waals surface area contributed by atoms with Crippen LogP contribution in [0.3, 0.4) is 0 Å². The molecule has 2 aromatic rings. The highest BCUT2D eigenvalue weighted by Gasteiger charge is 2.35. The quantitative estimate of drug-likeness (QED) is 0.484. The number of rotatable bonds is 7. The molecule has 2 aliphatic heterocycles. The Bertz CT molecular complexity index is 1160. The van der Waals surface area contributed by atoms with Crippen molar-refractivity contribution >= 4 is 17.8 Å². The van der Waals surface area contributed by atoms with Crippen molar-refractivity contribution in [3.05, 3.63) is 76.6 Å². The highest BCUT2D eigenvalue weighted by atomic mass is 19.1. The van der Waals surface area contributed by atoms with Crippen molar-refractivity contribution in [3.8, 4) is 11.8 Å². The van der Waals surface area contributed by atoms with Crippen LogP contribution in [0.15, 0.2) is 59.1 Å². The minimum Gasteiger partial charge on any atom is -0.388 e. The SMILES string of the molecule is CCC1(O)CCN(c2ccc(C(=O)NCCCC3=CCN=C3)cc2C#Cc2ccc(F)cc2)C1. The fourth-order valence-corrected chi connectivity index (χ4v) is 4.23. The summed E-state index contributed by atoms with van der Waals surface area (Å²) in [7, 11) is 0. The Morgan fingerprint density at radius 2 is 2.06 bits per heavy atom. The molecule has 1 amide bonds. The molecule has 1 atom stereocenters. The Kier molecular flexibility index (Phi) is 7.44. The molecule has 0 aromatic heterocycles. The van der Waals surface area contributed by atoms with Crippen molar-refractivity contribution in [2.24, 2.45) is 4.99 Å². The first kappa shape index (κ1) is 23.7. The molecular weight excluding hydrogens is 429 g/mol. The molecule has 176 valence electrons. The molecule has 2 N–H and O–H groups in total. The standard InChI is InChI=1S/C28H30FN3O2/c1-2-28(34)14-17-32(20-28)26-12-9-24(27(33)31-15-3-4-22-13-16-30-19-22)18-23(26)8-5-21-6-10-25(29)11-7-21/h6-7,9-13,18-19,34H,2-4,14-17,20H2,1H3,(H,31,33). The third-order valence-corrected chi connectivity index (χ3v) is 6.42. The molecule has 6 heteroatoms. The zero-order valence-corrected chi connectivity index (χ0v) is 19.5. The minimum absolute atomic E-state index is 0.142. The first-order valence-electron chi connectivity index (χ1n) is 11.8. The van der Waals surface area contributed by atoms with Gasteiger partial charge < -0.3 is 15.3 Å². The van der Waals surface area contributed by atoms with Gasteiger partial charge in [0.25, 0.3) is 5.91 Å². The second-order valence-corrected chi connectivity index (χ2v) is 8.87. The van der Waals surface area contributed by atoms with E-state index in [4.69, 9.17) is 0 Å². The second kappa shape index (κ2) is 10.7. The van der Waals surface area contributed by atoms with Crippen LogP contribution in [0.5, 0.6) is 0 Å². The number of benzene rings is 2. The molecule has 1 fully saturated rings. The summed E-state index contributed by atoms with van der Waals surface area (Å²) in [6.07, 6.45) is 7.12. The number of anilines is 1. The van der Waals surface area contributed by atoms with E-state index in [1.54, 1.807) is 18.2 Å². The molecule has 4 rings (SSSR count). The maximum atomic E-state index is 13.2. The van der Waals surface area contributed by atoms with E-state index in [0.717, 1.165) is 31.6 Å². The largest absolute Gasteiger partial charge is 0.388 e. The van der Waals surface area contributed by atoms with Crippen LogP contribution >= 0.6 is 0 Å². The summed E-state index contributed by atoms with van der Waals surface area (Å²) in [5, 5.41) is 13.7. The summed E-state index contributed by atoms with van der Waals surface area (Å²) in [5.74, 6) is 5.80. The van der Waals surface area contributed by atoms with Crippen LogP contribution in [-0.4, -0.2) is 49.0 Å². The maximum Gasteiger partial charge on any atom is 0.251 e.